The molecule has 7 nitrogen and oxygen atoms in total. The van der Waals surface area contributed by atoms with E-state index < -0.39 is 0 Å². The first kappa shape index (κ1) is 26.4. The maximum Gasteiger partial charge on any atom is 0.306 e. The van der Waals surface area contributed by atoms with Crippen molar-refractivity contribution < 1.29 is 14.3 Å². The van der Waals surface area contributed by atoms with Crippen molar-refractivity contribution in [2.75, 3.05) is 69.8 Å². The first-order chi connectivity index (χ1) is 18.1. The van der Waals surface area contributed by atoms with E-state index in [1.807, 2.05) is 0 Å². The Balaban J connectivity index is 1.21. The largest absolute Gasteiger partial charge is 0.469 e. The van der Waals surface area contributed by atoms with Gasteiger partial charge in [-0.2, -0.15) is 0 Å². The second-order valence-corrected chi connectivity index (χ2v) is 11.5. The number of carbonyl (C=O) groups is 1. The number of halogens is 1. The number of fused-ring (bicyclic) bond motifs is 1. The highest BCUT2D eigenvalue weighted by Crippen LogP contribution is 2.32. The number of anilines is 2. The number of hydrogen-bond donors (Lipinski definition) is 1. The van der Waals surface area contributed by atoms with Crippen molar-refractivity contribution >= 4 is 33.4 Å². The van der Waals surface area contributed by atoms with Gasteiger partial charge in [0.25, 0.3) is 0 Å². The normalized spacial score (nSPS) is 20.8. The topological polar surface area (TPSA) is 66.9 Å². The number of aryl methyl sites for hydroxylation is 2. The van der Waals surface area contributed by atoms with Crippen LogP contribution >= 0.6 is 15.9 Å². The Morgan fingerprint density at radius 3 is 2.95 bits per heavy atom. The number of carbonyl (C=O) groups excluding carboxylic acids is 1. The highest BCUT2D eigenvalue weighted by atomic mass is 79.9. The number of esters is 1. The molecule has 0 bridgehead atoms. The lowest BCUT2D eigenvalue weighted by molar-refractivity contribution is -0.141. The molecule has 1 aromatic heterocycles. The van der Waals surface area contributed by atoms with Crippen molar-refractivity contribution in [3.63, 3.8) is 0 Å². The van der Waals surface area contributed by atoms with Crippen LogP contribution in [0, 0.1) is 5.92 Å². The van der Waals surface area contributed by atoms with Gasteiger partial charge >= 0.3 is 5.97 Å². The van der Waals surface area contributed by atoms with Gasteiger partial charge in [-0.25, -0.2) is 4.98 Å². The van der Waals surface area contributed by atoms with E-state index in [9.17, 15) is 4.79 Å². The number of likely N-dealkylation sites (tertiary alicyclic amines) is 1. The van der Waals surface area contributed by atoms with Crippen LogP contribution in [0.1, 0.15) is 48.4 Å². The molecule has 2 aromatic rings. The van der Waals surface area contributed by atoms with Gasteiger partial charge in [-0.1, -0.05) is 22.0 Å². The van der Waals surface area contributed by atoms with Crippen LogP contribution in [0.25, 0.3) is 0 Å². The molecule has 37 heavy (non-hydrogen) atoms. The van der Waals surface area contributed by atoms with E-state index in [1.54, 1.807) is 0 Å². The molecule has 5 rings (SSSR count). The lowest BCUT2D eigenvalue weighted by Gasteiger charge is -2.30. The molecule has 1 aromatic carbocycles. The average Bonchev–Trinajstić information content (AvgIpc) is 3.38. The van der Waals surface area contributed by atoms with E-state index in [1.165, 1.54) is 42.5 Å². The number of nitrogens with zero attached hydrogens (tertiary/aromatic N) is 3. The standard InChI is InChI=1S/C29H39BrN4O3/c1-36-28(35)17-24(23-15-25(30)18-27(16-23)34-11-13-37-14-12-34)20-33-10-8-21(19-33)4-6-26-7-5-22-3-2-9-31-29(22)32-26/h5,7,15-16,18,21,24H,2-4,6,8-14,17,19-20H2,1H3,(H,31,32)/t21?,24-/m1/s1. The summed E-state index contributed by atoms with van der Waals surface area (Å²) in [6.07, 6.45) is 6.09. The van der Waals surface area contributed by atoms with Crippen molar-refractivity contribution in [3.8, 4) is 0 Å². The predicted octanol–water partition coefficient (Wildman–Crippen LogP) is 4.64. The van der Waals surface area contributed by atoms with Crippen LogP contribution in [0.3, 0.4) is 0 Å². The van der Waals surface area contributed by atoms with Crippen LogP contribution in [0.2, 0.25) is 0 Å². The number of aromatic nitrogens is 1. The molecule has 0 amide bonds. The van der Waals surface area contributed by atoms with Gasteiger partial charge in [0.05, 0.1) is 26.7 Å². The van der Waals surface area contributed by atoms with Gasteiger partial charge in [-0.05, 0) is 80.0 Å². The van der Waals surface area contributed by atoms with Crippen LogP contribution < -0.4 is 10.2 Å². The Hall–Kier alpha value is -2.16. The first-order valence-electron chi connectivity index (χ1n) is 13.7. The van der Waals surface area contributed by atoms with Crippen LogP contribution in [0.4, 0.5) is 11.5 Å². The molecule has 2 fully saturated rings. The van der Waals surface area contributed by atoms with Crippen LogP contribution in [-0.2, 0) is 27.1 Å². The molecule has 2 saturated heterocycles. The highest BCUT2D eigenvalue weighted by molar-refractivity contribution is 9.10. The molecule has 0 radical (unpaired) electrons. The Morgan fingerprint density at radius 1 is 1.24 bits per heavy atom. The quantitative estimate of drug-likeness (QED) is 0.440. The number of methoxy groups -OCH3 is 1. The van der Waals surface area contributed by atoms with E-state index >= 15 is 0 Å². The van der Waals surface area contributed by atoms with Crippen LogP contribution in [0.5, 0.6) is 0 Å². The van der Waals surface area contributed by atoms with Crippen LogP contribution in [0.15, 0.2) is 34.8 Å². The van der Waals surface area contributed by atoms with Gasteiger partial charge in [0.15, 0.2) is 0 Å². The van der Waals surface area contributed by atoms with Gasteiger partial charge in [0.1, 0.15) is 5.82 Å². The Labute approximate surface area is 229 Å². The molecule has 0 saturated carbocycles. The van der Waals surface area contributed by atoms with Crippen molar-refractivity contribution in [2.45, 2.75) is 44.4 Å². The summed E-state index contributed by atoms with van der Waals surface area (Å²) in [5.41, 5.74) is 4.92. The molecule has 2 atom stereocenters. The van der Waals surface area contributed by atoms with Gasteiger partial charge in [-0.15, -0.1) is 0 Å². The Kier molecular flexibility index (Phi) is 9.00. The maximum absolute atomic E-state index is 12.4. The molecule has 4 heterocycles. The number of ether oxygens (including phenoxy) is 2. The zero-order valence-electron chi connectivity index (χ0n) is 21.9. The molecule has 8 heteroatoms. The molecule has 1 N–H and O–H groups in total. The molecular weight excluding hydrogens is 532 g/mol. The van der Waals surface area contributed by atoms with E-state index in [0.29, 0.717) is 12.3 Å². The molecule has 3 aliphatic rings. The SMILES string of the molecule is COC(=O)C[C@H](CN1CCC(CCc2ccc3c(n2)NCCC3)C1)c1cc(Br)cc(N2CCOCC2)c1. The maximum atomic E-state index is 12.4. The number of nitrogens with one attached hydrogen (secondary N) is 1. The summed E-state index contributed by atoms with van der Waals surface area (Å²) in [6, 6.07) is 11.1. The molecule has 0 spiro atoms. The summed E-state index contributed by atoms with van der Waals surface area (Å²) >= 11 is 3.72. The fourth-order valence-corrected chi connectivity index (χ4v) is 6.39. The average molecular weight is 572 g/mol. The minimum atomic E-state index is -0.152. The zero-order chi connectivity index (χ0) is 25.6. The van der Waals surface area contributed by atoms with Crippen LogP contribution in [-0.4, -0.2) is 75.4 Å². The zero-order valence-corrected chi connectivity index (χ0v) is 23.5. The first-order valence-corrected chi connectivity index (χ1v) is 14.5. The summed E-state index contributed by atoms with van der Waals surface area (Å²) in [7, 11) is 1.48. The molecule has 0 aliphatic carbocycles. The number of pyridine rings is 1. The fourth-order valence-electron chi connectivity index (χ4n) is 5.89. The minimum absolute atomic E-state index is 0.0943. The van der Waals surface area contributed by atoms with E-state index in [-0.39, 0.29) is 11.9 Å². The van der Waals surface area contributed by atoms with E-state index in [0.717, 1.165) is 82.0 Å². The Bertz CT molecular complexity index is 1080. The molecule has 3 aliphatic heterocycles. The number of morpholine rings is 1. The van der Waals surface area contributed by atoms with Crippen molar-refractivity contribution in [3.05, 3.63) is 51.6 Å². The summed E-state index contributed by atoms with van der Waals surface area (Å²) in [6.45, 7) is 7.32. The van der Waals surface area contributed by atoms with E-state index in [4.69, 9.17) is 14.5 Å². The van der Waals surface area contributed by atoms with Gasteiger partial charge in [0.2, 0.25) is 0 Å². The Morgan fingerprint density at radius 2 is 2.11 bits per heavy atom. The molecule has 200 valence electrons. The molecule has 1 unspecified atom stereocenters. The third-order valence-electron chi connectivity index (χ3n) is 8.00. The molecular formula is C29H39BrN4O3. The van der Waals surface area contributed by atoms with Crippen molar-refractivity contribution in [2.24, 2.45) is 5.92 Å². The summed E-state index contributed by atoms with van der Waals surface area (Å²) in [4.78, 5) is 22.2. The second-order valence-electron chi connectivity index (χ2n) is 10.6. The predicted molar refractivity (Wildman–Crippen MR) is 150 cm³/mol. The number of rotatable bonds is 9. The number of hydrogen-bond acceptors (Lipinski definition) is 7. The number of benzene rings is 1. The monoisotopic (exact) mass is 570 g/mol. The van der Waals surface area contributed by atoms with E-state index in [2.05, 4.69) is 61.4 Å². The third kappa shape index (κ3) is 7.03. The smallest absolute Gasteiger partial charge is 0.306 e. The highest BCUT2D eigenvalue weighted by Gasteiger charge is 2.27. The van der Waals surface area contributed by atoms with Crippen molar-refractivity contribution in [1.82, 2.24) is 9.88 Å². The lowest BCUT2D eigenvalue weighted by atomic mass is 9.94. The van der Waals surface area contributed by atoms with Gasteiger partial charge in [-0.3, -0.25) is 4.79 Å². The summed E-state index contributed by atoms with van der Waals surface area (Å²) in [5.74, 6) is 1.70. The van der Waals surface area contributed by atoms with Gasteiger partial charge < -0.3 is 24.6 Å². The second kappa shape index (κ2) is 12.6. The minimum Gasteiger partial charge on any atom is -0.469 e. The lowest BCUT2D eigenvalue weighted by Crippen LogP contribution is -2.36. The third-order valence-corrected chi connectivity index (χ3v) is 8.46. The summed E-state index contributed by atoms with van der Waals surface area (Å²) in [5, 5.41) is 3.45. The van der Waals surface area contributed by atoms with Gasteiger partial charge in [0, 0.05) is 54.5 Å². The van der Waals surface area contributed by atoms with Crippen molar-refractivity contribution in [1.29, 1.82) is 0 Å². The summed E-state index contributed by atoms with van der Waals surface area (Å²) < 4.78 is 11.7. The fraction of sp³-hybridized carbons (Fsp3) is 0.586.